The van der Waals surface area contributed by atoms with Crippen LogP contribution < -0.4 is 0 Å². The van der Waals surface area contributed by atoms with Crippen LogP contribution in [-0.2, 0) is 17.8 Å². The van der Waals surface area contributed by atoms with E-state index in [0.717, 1.165) is 33.7 Å². The summed E-state index contributed by atoms with van der Waals surface area (Å²) in [6, 6.07) is 16.3. The monoisotopic (exact) mass is 365 g/mol. The van der Waals surface area contributed by atoms with E-state index < -0.39 is 0 Å². The predicted octanol–water partition coefficient (Wildman–Crippen LogP) is 4.25. The standard InChI is InChI=1S/C21H23N3OS/c1-4-16-9-11-17(12-10-16)13-24(3)20(25)14-26-21-18-7-5-6-8-19(18)22-15(2)23-21/h5-12H,4,13-14H2,1-3H3. The molecule has 0 aliphatic rings. The van der Waals surface area contributed by atoms with E-state index in [1.165, 1.54) is 17.3 Å². The molecule has 0 unspecified atom stereocenters. The highest BCUT2D eigenvalue weighted by Gasteiger charge is 2.13. The maximum Gasteiger partial charge on any atom is 0.233 e. The van der Waals surface area contributed by atoms with Crippen molar-refractivity contribution in [2.45, 2.75) is 31.8 Å². The summed E-state index contributed by atoms with van der Waals surface area (Å²) in [4.78, 5) is 23.3. The van der Waals surface area contributed by atoms with Gasteiger partial charge < -0.3 is 4.90 Å². The molecule has 1 amide bonds. The van der Waals surface area contributed by atoms with E-state index in [4.69, 9.17) is 0 Å². The van der Waals surface area contributed by atoms with Crippen molar-refractivity contribution < 1.29 is 4.79 Å². The normalized spacial score (nSPS) is 10.9. The summed E-state index contributed by atoms with van der Waals surface area (Å²) in [6.07, 6.45) is 1.03. The molecule has 134 valence electrons. The molecule has 2 aromatic carbocycles. The summed E-state index contributed by atoms with van der Waals surface area (Å²) in [7, 11) is 1.85. The Balaban J connectivity index is 1.64. The predicted molar refractivity (Wildman–Crippen MR) is 107 cm³/mol. The molecule has 1 heterocycles. The van der Waals surface area contributed by atoms with Gasteiger partial charge in [-0.3, -0.25) is 4.79 Å². The average molecular weight is 366 g/mol. The first-order valence-corrected chi connectivity index (χ1v) is 9.73. The Labute approximate surface area is 158 Å². The van der Waals surface area contributed by atoms with Gasteiger partial charge in [0.2, 0.25) is 5.91 Å². The van der Waals surface area contributed by atoms with Gasteiger partial charge in [0, 0.05) is 19.0 Å². The molecule has 3 rings (SSSR count). The SMILES string of the molecule is CCc1ccc(CN(C)C(=O)CSc2nc(C)nc3ccccc23)cc1. The fourth-order valence-electron chi connectivity index (χ4n) is 2.75. The van der Waals surface area contributed by atoms with Gasteiger partial charge in [0.25, 0.3) is 0 Å². The van der Waals surface area contributed by atoms with E-state index in [9.17, 15) is 4.79 Å². The number of benzene rings is 2. The van der Waals surface area contributed by atoms with Crippen LogP contribution in [0.1, 0.15) is 23.9 Å². The summed E-state index contributed by atoms with van der Waals surface area (Å²) in [5, 5.41) is 1.86. The second-order valence-electron chi connectivity index (χ2n) is 6.30. The minimum atomic E-state index is 0.0925. The number of thioether (sulfide) groups is 1. The molecule has 0 aliphatic heterocycles. The summed E-state index contributed by atoms with van der Waals surface area (Å²) in [5.74, 6) is 1.18. The van der Waals surface area contributed by atoms with E-state index in [2.05, 4.69) is 41.2 Å². The third-order valence-corrected chi connectivity index (χ3v) is 5.27. The second-order valence-corrected chi connectivity index (χ2v) is 7.27. The number of aromatic nitrogens is 2. The van der Waals surface area contributed by atoms with Crippen molar-refractivity contribution in [1.82, 2.24) is 14.9 Å². The Morgan fingerprint density at radius 1 is 1.04 bits per heavy atom. The first-order valence-electron chi connectivity index (χ1n) is 8.74. The lowest BCUT2D eigenvalue weighted by atomic mass is 10.1. The van der Waals surface area contributed by atoms with Crippen molar-refractivity contribution in [2.24, 2.45) is 0 Å². The van der Waals surface area contributed by atoms with Gasteiger partial charge in [-0.15, -0.1) is 0 Å². The lowest BCUT2D eigenvalue weighted by molar-refractivity contribution is -0.127. The zero-order chi connectivity index (χ0) is 18.5. The first kappa shape index (κ1) is 18.4. The maximum atomic E-state index is 12.5. The van der Waals surface area contributed by atoms with Gasteiger partial charge in [-0.05, 0) is 30.5 Å². The molecule has 5 heteroatoms. The molecule has 0 saturated heterocycles. The molecule has 0 fully saturated rings. The summed E-state index contributed by atoms with van der Waals surface area (Å²) in [5.41, 5.74) is 3.37. The number of carbonyl (C=O) groups is 1. The van der Waals surface area contributed by atoms with Crippen molar-refractivity contribution in [3.05, 3.63) is 65.5 Å². The van der Waals surface area contributed by atoms with Gasteiger partial charge in [0.15, 0.2) is 0 Å². The van der Waals surface area contributed by atoms with E-state index in [-0.39, 0.29) is 5.91 Å². The number of aryl methyl sites for hydroxylation is 2. The lowest BCUT2D eigenvalue weighted by Gasteiger charge is -2.17. The van der Waals surface area contributed by atoms with Crippen LogP contribution in [0.15, 0.2) is 53.6 Å². The number of carbonyl (C=O) groups excluding carboxylic acids is 1. The average Bonchev–Trinajstić information content (AvgIpc) is 2.66. The van der Waals surface area contributed by atoms with Crippen molar-refractivity contribution >= 4 is 28.6 Å². The molecule has 0 radical (unpaired) electrons. The van der Waals surface area contributed by atoms with Crippen LogP contribution in [0.25, 0.3) is 10.9 Å². The topological polar surface area (TPSA) is 46.1 Å². The molecule has 1 aromatic heterocycles. The Morgan fingerprint density at radius 3 is 2.46 bits per heavy atom. The molecule has 0 spiro atoms. The van der Waals surface area contributed by atoms with E-state index in [1.807, 2.05) is 38.2 Å². The minimum absolute atomic E-state index is 0.0925. The van der Waals surface area contributed by atoms with Crippen molar-refractivity contribution in [2.75, 3.05) is 12.8 Å². The van der Waals surface area contributed by atoms with Crippen LogP contribution in [0, 0.1) is 6.92 Å². The third-order valence-electron chi connectivity index (χ3n) is 4.29. The minimum Gasteiger partial charge on any atom is -0.341 e. The van der Waals surface area contributed by atoms with Gasteiger partial charge in [-0.25, -0.2) is 9.97 Å². The maximum absolute atomic E-state index is 12.5. The summed E-state index contributed by atoms with van der Waals surface area (Å²) < 4.78 is 0. The molecule has 0 bridgehead atoms. The molecule has 26 heavy (non-hydrogen) atoms. The zero-order valence-corrected chi connectivity index (χ0v) is 16.2. The number of para-hydroxylation sites is 1. The molecule has 0 N–H and O–H groups in total. The fourth-order valence-corrected chi connectivity index (χ4v) is 3.76. The number of nitrogens with zero attached hydrogens (tertiary/aromatic N) is 3. The smallest absolute Gasteiger partial charge is 0.233 e. The Kier molecular flexibility index (Phi) is 5.89. The molecule has 0 saturated carbocycles. The van der Waals surface area contributed by atoms with Gasteiger partial charge in [-0.1, -0.05) is 61.2 Å². The van der Waals surface area contributed by atoms with Crippen molar-refractivity contribution in [3.8, 4) is 0 Å². The van der Waals surface area contributed by atoms with Crippen LogP contribution in [0.4, 0.5) is 0 Å². The lowest BCUT2D eigenvalue weighted by Crippen LogP contribution is -2.27. The van der Waals surface area contributed by atoms with E-state index in [0.29, 0.717) is 12.3 Å². The largest absolute Gasteiger partial charge is 0.341 e. The molecule has 0 atom stereocenters. The number of hydrogen-bond donors (Lipinski definition) is 0. The Morgan fingerprint density at radius 2 is 1.73 bits per heavy atom. The van der Waals surface area contributed by atoms with Gasteiger partial charge in [0.1, 0.15) is 10.9 Å². The van der Waals surface area contributed by atoms with Crippen LogP contribution in [0.2, 0.25) is 0 Å². The highest BCUT2D eigenvalue weighted by Crippen LogP contribution is 2.25. The van der Waals surface area contributed by atoms with Crippen LogP contribution in [0.3, 0.4) is 0 Å². The molecule has 4 nitrogen and oxygen atoms in total. The van der Waals surface area contributed by atoms with Crippen LogP contribution >= 0.6 is 11.8 Å². The van der Waals surface area contributed by atoms with Crippen molar-refractivity contribution in [3.63, 3.8) is 0 Å². The Bertz CT molecular complexity index is 909. The molecular weight excluding hydrogens is 342 g/mol. The van der Waals surface area contributed by atoms with Crippen molar-refractivity contribution in [1.29, 1.82) is 0 Å². The zero-order valence-electron chi connectivity index (χ0n) is 15.4. The van der Waals surface area contributed by atoms with Crippen LogP contribution in [-0.4, -0.2) is 33.6 Å². The summed E-state index contributed by atoms with van der Waals surface area (Å²) >= 11 is 1.47. The van der Waals surface area contributed by atoms with Crippen LogP contribution in [0.5, 0.6) is 0 Å². The quantitative estimate of drug-likeness (QED) is 0.484. The van der Waals surface area contributed by atoms with Gasteiger partial charge in [-0.2, -0.15) is 0 Å². The van der Waals surface area contributed by atoms with Gasteiger partial charge >= 0.3 is 0 Å². The fraction of sp³-hybridized carbons (Fsp3) is 0.286. The number of hydrogen-bond acceptors (Lipinski definition) is 4. The first-order chi connectivity index (χ1) is 12.6. The third kappa shape index (κ3) is 4.41. The highest BCUT2D eigenvalue weighted by molar-refractivity contribution is 8.00. The summed E-state index contributed by atoms with van der Waals surface area (Å²) in [6.45, 7) is 4.64. The Hall–Kier alpha value is -2.40. The highest BCUT2D eigenvalue weighted by atomic mass is 32.2. The molecule has 0 aliphatic carbocycles. The molecular formula is C21H23N3OS. The second kappa shape index (κ2) is 8.32. The number of rotatable bonds is 6. The number of amides is 1. The molecule has 3 aromatic rings. The number of fused-ring (bicyclic) bond motifs is 1. The van der Waals surface area contributed by atoms with E-state index >= 15 is 0 Å². The van der Waals surface area contributed by atoms with E-state index in [1.54, 1.807) is 4.90 Å². The van der Waals surface area contributed by atoms with Gasteiger partial charge in [0.05, 0.1) is 11.3 Å².